The standard InChI is InChI=1S/C40H42ClF8N9O3S/c1-20-6-8-25-32(35(44)45)55-58(34(25)40(20,48)49)18-29(60)52-27(16-21-14-23(42)17-24(43)15-21)38(54-37-22(19-59)7-11-30(53-37)61-13-12-39(2,46)47)57(4)28-10-9-26(41)31(33(28)51-3)36(50)56-62-5/h7,9-11,14-15,17,19-20,27,35,51H,6,8,12-13,16,18H2,1-5H3,(H2,50,56)(H,52,60)/t20?,27-/m0/s1. The Kier molecular flexibility index (Phi) is 15.1. The first kappa shape index (κ1) is 47.6. The van der Waals surface area contributed by atoms with Crippen molar-refractivity contribution in [3.8, 4) is 5.88 Å². The molecule has 4 aromatic rings. The summed E-state index contributed by atoms with van der Waals surface area (Å²) in [5.74, 6) is -11.9. The van der Waals surface area contributed by atoms with Gasteiger partial charge in [0.05, 0.1) is 40.2 Å². The lowest BCUT2D eigenvalue weighted by molar-refractivity contribution is -0.122. The molecule has 0 saturated carbocycles. The number of halogens is 9. The number of nitrogens with two attached hydrogens (primary N) is 1. The molecule has 4 N–H and O–H groups in total. The van der Waals surface area contributed by atoms with Crippen LogP contribution >= 0.6 is 23.5 Å². The van der Waals surface area contributed by atoms with E-state index < -0.39 is 85.2 Å². The average Bonchev–Trinajstić information content (AvgIpc) is 3.56. The number of aromatic nitrogens is 3. The van der Waals surface area contributed by atoms with Gasteiger partial charge in [-0.25, -0.2) is 31.3 Å². The molecule has 22 heteroatoms. The maximum atomic E-state index is 15.7. The molecule has 2 aromatic heterocycles. The second kappa shape index (κ2) is 19.7. The number of fused-ring (bicyclic) bond motifs is 1. The molecule has 62 heavy (non-hydrogen) atoms. The van der Waals surface area contributed by atoms with Crippen molar-refractivity contribution in [2.45, 2.75) is 70.4 Å². The van der Waals surface area contributed by atoms with E-state index >= 15 is 8.78 Å². The molecule has 12 nitrogen and oxygen atoms in total. The van der Waals surface area contributed by atoms with E-state index in [9.17, 15) is 35.9 Å². The third-order valence-electron chi connectivity index (χ3n) is 9.90. The minimum absolute atomic E-state index is 0.00932. The molecule has 334 valence electrons. The molecule has 0 fully saturated rings. The van der Waals surface area contributed by atoms with E-state index in [0.29, 0.717) is 24.0 Å². The quantitative estimate of drug-likeness (QED) is 0.0311. The number of carbonyl (C=O) groups excluding carboxylic acids is 2. The first-order valence-corrected chi connectivity index (χ1v) is 20.4. The first-order valence-electron chi connectivity index (χ1n) is 18.9. The fourth-order valence-electron chi connectivity index (χ4n) is 6.90. The van der Waals surface area contributed by atoms with Gasteiger partial charge in [-0.3, -0.25) is 14.3 Å². The van der Waals surface area contributed by atoms with E-state index in [4.69, 9.17) is 22.1 Å². The van der Waals surface area contributed by atoms with Gasteiger partial charge in [0.25, 0.3) is 12.3 Å². The fourth-order valence-corrected chi connectivity index (χ4v) is 7.44. The number of amides is 1. The summed E-state index contributed by atoms with van der Waals surface area (Å²) in [4.78, 5) is 36.8. The van der Waals surface area contributed by atoms with Gasteiger partial charge in [0, 0.05) is 56.8 Å². The Labute approximate surface area is 360 Å². The first-order chi connectivity index (χ1) is 29.2. The molecule has 0 spiro atoms. The highest BCUT2D eigenvalue weighted by molar-refractivity contribution is 7.97. The number of aliphatic imine (C=N–C) groups is 1. The van der Waals surface area contributed by atoms with E-state index in [1.165, 1.54) is 50.2 Å². The molecule has 0 bridgehead atoms. The summed E-state index contributed by atoms with van der Waals surface area (Å²) in [6.45, 7) is 0.443. The second-order valence-electron chi connectivity index (χ2n) is 14.4. The van der Waals surface area contributed by atoms with E-state index in [0.717, 1.165) is 24.1 Å². The number of pyridine rings is 1. The number of hydrogen-bond acceptors (Lipinski definition) is 9. The highest BCUT2D eigenvalue weighted by Gasteiger charge is 2.48. The summed E-state index contributed by atoms with van der Waals surface area (Å²) in [6.07, 6.45) is -2.61. The van der Waals surface area contributed by atoms with Crippen molar-refractivity contribution in [3.05, 3.63) is 92.8 Å². The van der Waals surface area contributed by atoms with E-state index in [1.807, 2.05) is 0 Å². The summed E-state index contributed by atoms with van der Waals surface area (Å²) in [7, 11) is 2.98. The Morgan fingerprint density at radius 2 is 1.89 bits per heavy atom. The lowest BCUT2D eigenvalue weighted by Gasteiger charge is -2.32. The maximum absolute atomic E-state index is 15.7. The summed E-state index contributed by atoms with van der Waals surface area (Å²) in [6, 6.07) is 6.49. The van der Waals surface area contributed by atoms with Crippen molar-refractivity contribution < 1.29 is 49.4 Å². The molecule has 1 unspecified atom stereocenters. The number of aldehydes is 1. The molecular formula is C40H42ClF8N9O3S. The van der Waals surface area contributed by atoms with Crippen LogP contribution in [0.3, 0.4) is 0 Å². The van der Waals surface area contributed by atoms with Crippen LogP contribution in [0.15, 0.2) is 51.9 Å². The Morgan fingerprint density at radius 3 is 2.50 bits per heavy atom. The van der Waals surface area contributed by atoms with Crippen molar-refractivity contribution in [1.82, 2.24) is 20.1 Å². The summed E-state index contributed by atoms with van der Waals surface area (Å²) >= 11 is 7.63. The highest BCUT2D eigenvalue weighted by atomic mass is 35.5. The number of nitrogens with zero attached hydrogens (tertiary/aromatic N) is 6. The van der Waals surface area contributed by atoms with Crippen LogP contribution in [0.2, 0.25) is 5.02 Å². The van der Waals surface area contributed by atoms with Crippen LogP contribution in [-0.4, -0.2) is 77.6 Å². The third-order valence-corrected chi connectivity index (χ3v) is 10.6. The summed E-state index contributed by atoms with van der Waals surface area (Å²) < 4.78 is 126. The van der Waals surface area contributed by atoms with Gasteiger partial charge >= 0.3 is 0 Å². The largest absolute Gasteiger partial charge is 0.477 e. The normalized spacial score (nSPS) is 15.9. The zero-order valence-electron chi connectivity index (χ0n) is 33.9. The van der Waals surface area contributed by atoms with Gasteiger partial charge in [-0.05, 0) is 67.6 Å². The van der Waals surface area contributed by atoms with Gasteiger partial charge in [-0.2, -0.15) is 23.3 Å². The van der Waals surface area contributed by atoms with Crippen molar-refractivity contribution >= 4 is 64.6 Å². The predicted octanol–water partition coefficient (Wildman–Crippen LogP) is 8.68. The molecule has 5 rings (SSSR count). The van der Waals surface area contributed by atoms with Crippen molar-refractivity contribution in [1.29, 1.82) is 0 Å². The van der Waals surface area contributed by atoms with Gasteiger partial charge in [0.1, 0.15) is 41.2 Å². The summed E-state index contributed by atoms with van der Waals surface area (Å²) in [5, 5.41) is 9.55. The minimum atomic E-state index is -3.65. The average molecular weight is 916 g/mol. The fraction of sp³-hybridized carbons (Fsp3) is 0.400. The van der Waals surface area contributed by atoms with E-state index in [-0.39, 0.29) is 74.9 Å². The molecule has 1 amide bonds. The molecule has 0 saturated heterocycles. The molecule has 2 atom stereocenters. The lowest BCUT2D eigenvalue weighted by Crippen LogP contribution is -2.50. The van der Waals surface area contributed by atoms with E-state index in [1.54, 1.807) is 6.26 Å². The second-order valence-corrected chi connectivity index (χ2v) is 15.4. The number of benzene rings is 2. The minimum Gasteiger partial charge on any atom is -0.477 e. The molecule has 1 aliphatic carbocycles. The lowest BCUT2D eigenvalue weighted by atomic mass is 9.84. The van der Waals surface area contributed by atoms with Crippen LogP contribution in [0.1, 0.15) is 71.6 Å². The Balaban J connectivity index is 1.73. The smallest absolute Gasteiger partial charge is 0.292 e. The number of carbonyl (C=O) groups is 2. The highest BCUT2D eigenvalue weighted by Crippen LogP contribution is 2.46. The maximum Gasteiger partial charge on any atom is 0.292 e. The number of likely N-dealkylation sites (N-methyl/N-ethyl adjacent to an activating group) is 1. The number of amidine groups is 2. The zero-order chi connectivity index (χ0) is 45.7. The van der Waals surface area contributed by atoms with Gasteiger partial charge in [0.2, 0.25) is 17.7 Å². The van der Waals surface area contributed by atoms with Crippen LogP contribution in [-0.2, 0) is 30.1 Å². The van der Waals surface area contributed by atoms with Crippen molar-refractivity contribution in [2.24, 2.45) is 21.0 Å². The van der Waals surface area contributed by atoms with Gasteiger partial charge in [-0.1, -0.05) is 18.5 Å². The van der Waals surface area contributed by atoms with Crippen molar-refractivity contribution in [2.75, 3.05) is 37.2 Å². The monoisotopic (exact) mass is 915 g/mol. The number of alkyl halides is 6. The third kappa shape index (κ3) is 10.9. The van der Waals surface area contributed by atoms with Crippen LogP contribution in [0.5, 0.6) is 5.88 Å². The van der Waals surface area contributed by atoms with Crippen LogP contribution in [0.4, 0.5) is 52.3 Å². The van der Waals surface area contributed by atoms with Crippen LogP contribution < -0.4 is 26.0 Å². The Hall–Kier alpha value is -5.44. The predicted molar refractivity (Wildman–Crippen MR) is 222 cm³/mol. The number of hydrogen-bond donors (Lipinski definition) is 3. The van der Waals surface area contributed by atoms with Gasteiger partial charge in [0.15, 0.2) is 12.1 Å². The number of ether oxygens (including phenoxy) is 1. The molecule has 2 heterocycles. The van der Waals surface area contributed by atoms with Gasteiger partial charge < -0.3 is 26.0 Å². The number of nitrogens with one attached hydrogen (secondary N) is 2. The SMILES string of the molecule is CNc1c(N(C)C(=Nc2nc(OCCC(C)(F)F)ccc2C=O)[C@H](Cc2cc(F)cc(F)c2)NC(=O)Cn2nc(C(F)F)c3c2C(F)(F)C(C)CC3)ccc(Cl)c1C(N)=NSC. The number of anilines is 2. The zero-order valence-corrected chi connectivity index (χ0v) is 35.5. The molecule has 0 radical (unpaired) electrons. The van der Waals surface area contributed by atoms with E-state index in [2.05, 4.69) is 30.1 Å². The Bertz CT molecular complexity index is 2340. The molecule has 0 aliphatic heterocycles. The molecule has 2 aromatic carbocycles. The number of rotatable bonds is 17. The topological polar surface area (TPSA) is 152 Å². The van der Waals surface area contributed by atoms with Crippen LogP contribution in [0, 0.1) is 17.6 Å². The van der Waals surface area contributed by atoms with Gasteiger partial charge in [-0.15, -0.1) is 0 Å². The Morgan fingerprint density at radius 1 is 1.19 bits per heavy atom. The molecule has 1 aliphatic rings. The molecular weight excluding hydrogens is 874 g/mol. The van der Waals surface area contributed by atoms with Crippen LogP contribution in [0.25, 0.3) is 0 Å². The van der Waals surface area contributed by atoms with Crippen molar-refractivity contribution in [3.63, 3.8) is 0 Å². The summed E-state index contributed by atoms with van der Waals surface area (Å²) in [5.41, 5.74) is 4.70.